The van der Waals surface area contributed by atoms with Crippen molar-refractivity contribution in [3.05, 3.63) is 40.2 Å². The van der Waals surface area contributed by atoms with Crippen LogP contribution in [0.25, 0.3) is 11.5 Å². The molecule has 2 aliphatic rings. The van der Waals surface area contributed by atoms with Gasteiger partial charge in [-0.05, 0) is 63.5 Å². The minimum atomic E-state index is 0.562. The Labute approximate surface area is 158 Å². The molecule has 6 heteroatoms. The SMILES string of the molecule is Clc1ccc(-c2nc(CN3CCC[C@H]3CN3CCCC3)co2)c(Cl)c1. The third-order valence-corrected chi connectivity index (χ3v) is 5.79. The molecule has 0 unspecified atom stereocenters. The number of oxazole rings is 1. The zero-order valence-corrected chi connectivity index (χ0v) is 15.8. The van der Waals surface area contributed by atoms with Gasteiger partial charge in [0.05, 0.1) is 16.3 Å². The van der Waals surface area contributed by atoms with E-state index in [-0.39, 0.29) is 0 Å². The summed E-state index contributed by atoms with van der Waals surface area (Å²) in [6, 6.07) is 6.01. The normalized spacial score (nSPS) is 22.1. The van der Waals surface area contributed by atoms with E-state index in [0.717, 1.165) is 24.3 Å². The van der Waals surface area contributed by atoms with Crippen molar-refractivity contribution in [1.82, 2.24) is 14.8 Å². The number of aromatic nitrogens is 1. The molecule has 0 aliphatic carbocycles. The number of rotatable bonds is 5. The molecule has 4 rings (SSSR count). The highest BCUT2D eigenvalue weighted by Gasteiger charge is 2.28. The number of likely N-dealkylation sites (tertiary alicyclic amines) is 2. The van der Waals surface area contributed by atoms with E-state index in [2.05, 4.69) is 14.8 Å². The van der Waals surface area contributed by atoms with Crippen molar-refractivity contribution >= 4 is 23.2 Å². The van der Waals surface area contributed by atoms with Crippen LogP contribution in [0.4, 0.5) is 0 Å². The highest BCUT2D eigenvalue weighted by Crippen LogP contribution is 2.30. The van der Waals surface area contributed by atoms with Crippen molar-refractivity contribution in [1.29, 1.82) is 0 Å². The Balaban J connectivity index is 1.43. The highest BCUT2D eigenvalue weighted by atomic mass is 35.5. The zero-order valence-electron chi connectivity index (χ0n) is 14.3. The first-order chi connectivity index (χ1) is 12.2. The van der Waals surface area contributed by atoms with Crippen LogP contribution >= 0.6 is 23.2 Å². The summed E-state index contributed by atoms with van der Waals surface area (Å²) in [5.41, 5.74) is 1.75. The molecule has 134 valence electrons. The molecule has 25 heavy (non-hydrogen) atoms. The molecular formula is C19H23Cl2N3O. The summed E-state index contributed by atoms with van der Waals surface area (Å²) < 4.78 is 5.67. The van der Waals surface area contributed by atoms with Crippen molar-refractivity contribution in [2.45, 2.75) is 38.3 Å². The van der Waals surface area contributed by atoms with Crippen LogP contribution in [-0.2, 0) is 6.54 Å². The molecule has 2 aromatic rings. The molecule has 1 aromatic carbocycles. The number of hydrogen-bond acceptors (Lipinski definition) is 4. The summed E-state index contributed by atoms with van der Waals surface area (Å²) >= 11 is 12.2. The van der Waals surface area contributed by atoms with E-state index in [1.54, 1.807) is 18.4 Å². The van der Waals surface area contributed by atoms with Gasteiger partial charge in [-0.2, -0.15) is 0 Å². The van der Waals surface area contributed by atoms with Gasteiger partial charge < -0.3 is 9.32 Å². The summed E-state index contributed by atoms with van der Waals surface area (Å²) in [5, 5.41) is 1.18. The van der Waals surface area contributed by atoms with Gasteiger partial charge in [-0.3, -0.25) is 4.90 Å². The second-order valence-corrected chi connectivity index (χ2v) is 7.89. The Morgan fingerprint density at radius 3 is 2.76 bits per heavy atom. The van der Waals surface area contributed by atoms with E-state index in [9.17, 15) is 0 Å². The molecule has 0 radical (unpaired) electrons. The maximum atomic E-state index is 6.26. The lowest BCUT2D eigenvalue weighted by Crippen LogP contribution is -2.38. The van der Waals surface area contributed by atoms with E-state index in [1.807, 2.05) is 6.07 Å². The zero-order chi connectivity index (χ0) is 17.2. The lowest BCUT2D eigenvalue weighted by Gasteiger charge is -2.27. The number of hydrogen-bond donors (Lipinski definition) is 0. The average molecular weight is 380 g/mol. The number of halogens is 2. The standard InChI is InChI=1S/C19H23Cl2N3O/c20-14-5-6-17(18(21)10-14)19-22-15(13-25-19)11-24-9-3-4-16(24)12-23-7-1-2-8-23/h5-6,10,13,16H,1-4,7-9,11-12H2/t16-/m0/s1. The third kappa shape index (κ3) is 4.03. The number of benzene rings is 1. The van der Waals surface area contributed by atoms with Crippen LogP contribution in [0.2, 0.25) is 10.0 Å². The smallest absolute Gasteiger partial charge is 0.227 e. The van der Waals surface area contributed by atoms with Crippen molar-refractivity contribution in [3.63, 3.8) is 0 Å². The van der Waals surface area contributed by atoms with E-state index in [1.165, 1.54) is 45.3 Å². The molecule has 2 aliphatic heterocycles. The van der Waals surface area contributed by atoms with Gasteiger partial charge in [-0.25, -0.2) is 4.98 Å². The van der Waals surface area contributed by atoms with Gasteiger partial charge in [0.25, 0.3) is 0 Å². The first kappa shape index (κ1) is 17.3. The predicted octanol–water partition coefficient (Wildman–Crippen LogP) is 4.71. The molecule has 2 saturated heterocycles. The van der Waals surface area contributed by atoms with Crippen LogP contribution in [0.3, 0.4) is 0 Å². The Hall–Kier alpha value is -1.07. The van der Waals surface area contributed by atoms with Gasteiger partial charge in [0.15, 0.2) is 0 Å². The maximum Gasteiger partial charge on any atom is 0.227 e. The Morgan fingerprint density at radius 1 is 1.12 bits per heavy atom. The van der Waals surface area contributed by atoms with E-state index >= 15 is 0 Å². The molecule has 2 fully saturated rings. The molecular weight excluding hydrogens is 357 g/mol. The second-order valence-electron chi connectivity index (χ2n) is 7.04. The monoisotopic (exact) mass is 379 g/mol. The first-order valence-corrected chi connectivity index (χ1v) is 9.81. The minimum Gasteiger partial charge on any atom is -0.444 e. The summed E-state index contributed by atoms with van der Waals surface area (Å²) in [6.45, 7) is 5.68. The summed E-state index contributed by atoms with van der Waals surface area (Å²) in [4.78, 5) is 9.80. The molecule has 3 heterocycles. The van der Waals surface area contributed by atoms with Crippen LogP contribution in [0.15, 0.2) is 28.9 Å². The van der Waals surface area contributed by atoms with Crippen molar-refractivity contribution in [2.24, 2.45) is 0 Å². The Kier molecular flexibility index (Phi) is 5.32. The van der Waals surface area contributed by atoms with Crippen molar-refractivity contribution in [2.75, 3.05) is 26.2 Å². The third-order valence-electron chi connectivity index (χ3n) is 5.25. The van der Waals surface area contributed by atoms with E-state index in [4.69, 9.17) is 27.6 Å². The van der Waals surface area contributed by atoms with Gasteiger partial charge in [-0.1, -0.05) is 23.2 Å². The number of nitrogens with zero attached hydrogens (tertiary/aromatic N) is 3. The summed E-state index contributed by atoms with van der Waals surface area (Å²) in [5.74, 6) is 0.562. The lowest BCUT2D eigenvalue weighted by molar-refractivity contribution is 0.184. The first-order valence-electron chi connectivity index (χ1n) is 9.05. The summed E-state index contributed by atoms with van der Waals surface area (Å²) in [7, 11) is 0. The Morgan fingerprint density at radius 2 is 1.96 bits per heavy atom. The van der Waals surface area contributed by atoms with Gasteiger partial charge in [0.2, 0.25) is 5.89 Å². The Bertz CT molecular complexity index is 727. The fourth-order valence-electron chi connectivity index (χ4n) is 3.95. The maximum absolute atomic E-state index is 6.26. The highest BCUT2D eigenvalue weighted by molar-refractivity contribution is 6.36. The lowest BCUT2D eigenvalue weighted by atomic mass is 10.2. The topological polar surface area (TPSA) is 32.5 Å². The largest absolute Gasteiger partial charge is 0.444 e. The van der Waals surface area contributed by atoms with Gasteiger partial charge in [0.1, 0.15) is 6.26 Å². The average Bonchev–Trinajstić information content (AvgIpc) is 3.32. The molecule has 1 aromatic heterocycles. The van der Waals surface area contributed by atoms with Gasteiger partial charge in [-0.15, -0.1) is 0 Å². The minimum absolute atomic E-state index is 0.562. The van der Waals surface area contributed by atoms with Crippen molar-refractivity contribution < 1.29 is 4.42 Å². The second kappa shape index (κ2) is 7.67. The van der Waals surface area contributed by atoms with Gasteiger partial charge in [0, 0.05) is 24.2 Å². The van der Waals surface area contributed by atoms with Crippen molar-refractivity contribution in [3.8, 4) is 11.5 Å². The predicted molar refractivity (Wildman–Crippen MR) is 101 cm³/mol. The summed E-state index contributed by atoms with van der Waals surface area (Å²) in [6.07, 6.45) is 7.00. The molecule has 0 saturated carbocycles. The molecule has 0 spiro atoms. The van der Waals surface area contributed by atoms with Crippen LogP contribution in [0, 0.1) is 0 Å². The van der Waals surface area contributed by atoms with E-state index in [0.29, 0.717) is 22.0 Å². The van der Waals surface area contributed by atoms with Gasteiger partial charge >= 0.3 is 0 Å². The molecule has 4 nitrogen and oxygen atoms in total. The van der Waals surface area contributed by atoms with Crippen LogP contribution in [-0.4, -0.2) is 47.0 Å². The van der Waals surface area contributed by atoms with Crippen LogP contribution in [0.1, 0.15) is 31.4 Å². The molecule has 0 amide bonds. The quantitative estimate of drug-likeness (QED) is 0.752. The fourth-order valence-corrected chi connectivity index (χ4v) is 4.44. The molecule has 1 atom stereocenters. The van der Waals surface area contributed by atoms with E-state index < -0.39 is 0 Å². The molecule has 0 bridgehead atoms. The van der Waals surface area contributed by atoms with Crippen LogP contribution < -0.4 is 0 Å². The van der Waals surface area contributed by atoms with Crippen LogP contribution in [0.5, 0.6) is 0 Å². The fraction of sp³-hybridized carbons (Fsp3) is 0.526. The molecule has 0 N–H and O–H groups in total.